The maximum atomic E-state index is 12.0. The number of pyridine rings is 1. The van der Waals surface area contributed by atoms with Crippen LogP contribution in [0.5, 0.6) is 5.75 Å². The Morgan fingerprint density at radius 2 is 2.06 bits per heavy atom. The van der Waals surface area contributed by atoms with E-state index in [4.69, 9.17) is 0 Å². The van der Waals surface area contributed by atoms with Gasteiger partial charge in [-0.2, -0.15) is 0 Å². The fourth-order valence-electron chi connectivity index (χ4n) is 1.29. The van der Waals surface area contributed by atoms with Crippen LogP contribution in [0.2, 0.25) is 0 Å². The Kier molecular flexibility index (Phi) is 4.27. The molecule has 0 bridgehead atoms. The molecule has 0 aliphatic heterocycles. The van der Waals surface area contributed by atoms with E-state index in [1.54, 1.807) is 12.2 Å². The van der Waals surface area contributed by atoms with Crippen molar-refractivity contribution in [3.63, 3.8) is 0 Å². The van der Waals surface area contributed by atoms with Crippen LogP contribution < -0.4 is 0 Å². The van der Waals surface area contributed by atoms with Crippen LogP contribution in [0.1, 0.15) is 10.4 Å². The second-order valence-electron chi connectivity index (χ2n) is 3.18. The van der Waals surface area contributed by atoms with Crippen molar-refractivity contribution in [2.24, 2.45) is 0 Å². The summed E-state index contributed by atoms with van der Waals surface area (Å²) in [5.74, 6) is -0.384. The van der Waals surface area contributed by atoms with Crippen LogP contribution in [0, 0.1) is 0 Å². The Morgan fingerprint density at radius 1 is 1.44 bits per heavy atom. The highest BCUT2D eigenvalue weighted by Crippen LogP contribution is 2.16. The zero-order chi connectivity index (χ0) is 12.0. The number of hydrogen-bond acceptors (Lipinski definition) is 3. The van der Waals surface area contributed by atoms with Crippen molar-refractivity contribution in [1.82, 2.24) is 9.88 Å². The number of nitrogens with zero attached hydrogens (tertiary/aromatic N) is 2. The third-order valence-corrected chi connectivity index (χ3v) is 2.02. The first-order chi connectivity index (χ1) is 7.70. The van der Waals surface area contributed by atoms with Gasteiger partial charge >= 0.3 is 0 Å². The average Bonchev–Trinajstić information content (AvgIpc) is 2.28. The maximum absolute atomic E-state index is 12.0. The van der Waals surface area contributed by atoms with Gasteiger partial charge in [0.2, 0.25) is 0 Å². The molecule has 0 aliphatic rings. The first kappa shape index (κ1) is 12.0. The molecule has 4 heteroatoms. The van der Waals surface area contributed by atoms with E-state index in [2.05, 4.69) is 18.1 Å². The molecule has 1 amide bonds. The van der Waals surface area contributed by atoms with Crippen molar-refractivity contribution in [1.29, 1.82) is 0 Å². The molecule has 0 saturated heterocycles. The Morgan fingerprint density at radius 3 is 2.56 bits per heavy atom. The number of hydrogen-bond donors (Lipinski definition) is 1. The standard InChI is InChI=1S/C12H14N2O2/c1-3-7-14(8-4-2)12(16)10-5-6-13-9-11(10)15/h3-6,9,15H,1-2,7-8H2. The van der Waals surface area contributed by atoms with Gasteiger partial charge in [-0.15, -0.1) is 13.2 Å². The van der Waals surface area contributed by atoms with Crippen molar-refractivity contribution in [2.75, 3.05) is 13.1 Å². The maximum Gasteiger partial charge on any atom is 0.258 e. The van der Waals surface area contributed by atoms with Gasteiger partial charge in [0.05, 0.1) is 11.8 Å². The number of carbonyl (C=O) groups is 1. The molecule has 1 aromatic rings. The SMILES string of the molecule is C=CCN(CC=C)C(=O)c1ccncc1O. The van der Waals surface area contributed by atoms with Crippen LogP contribution in [0.25, 0.3) is 0 Å². The second-order valence-corrected chi connectivity index (χ2v) is 3.18. The highest BCUT2D eigenvalue weighted by Gasteiger charge is 2.16. The summed E-state index contributed by atoms with van der Waals surface area (Å²) < 4.78 is 0. The van der Waals surface area contributed by atoms with Gasteiger partial charge in [-0.1, -0.05) is 12.2 Å². The normalized spacial score (nSPS) is 9.50. The van der Waals surface area contributed by atoms with Gasteiger partial charge in [0.25, 0.3) is 5.91 Å². The van der Waals surface area contributed by atoms with Gasteiger partial charge in [-0.3, -0.25) is 9.78 Å². The van der Waals surface area contributed by atoms with Gasteiger partial charge in [-0.05, 0) is 6.07 Å². The topological polar surface area (TPSA) is 53.4 Å². The van der Waals surface area contributed by atoms with E-state index >= 15 is 0 Å². The highest BCUT2D eigenvalue weighted by molar-refractivity contribution is 5.96. The van der Waals surface area contributed by atoms with Gasteiger partial charge in [0.1, 0.15) is 5.75 Å². The lowest BCUT2D eigenvalue weighted by atomic mass is 10.2. The zero-order valence-electron chi connectivity index (χ0n) is 8.97. The number of aromatic nitrogens is 1. The number of rotatable bonds is 5. The molecule has 1 heterocycles. The summed E-state index contributed by atoms with van der Waals surface area (Å²) in [5, 5.41) is 9.50. The largest absolute Gasteiger partial charge is 0.505 e. The van der Waals surface area contributed by atoms with Gasteiger partial charge in [0.15, 0.2) is 0 Å². The van der Waals surface area contributed by atoms with Gasteiger partial charge in [-0.25, -0.2) is 0 Å². The molecule has 84 valence electrons. The Bertz CT molecular complexity index is 392. The highest BCUT2D eigenvalue weighted by atomic mass is 16.3. The van der Waals surface area contributed by atoms with E-state index in [0.29, 0.717) is 13.1 Å². The Labute approximate surface area is 94.5 Å². The Hall–Kier alpha value is -2.10. The van der Waals surface area contributed by atoms with Crippen molar-refractivity contribution < 1.29 is 9.90 Å². The molecular formula is C12H14N2O2. The fraction of sp³-hybridized carbons (Fsp3) is 0.167. The lowest BCUT2D eigenvalue weighted by Crippen LogP contribution is -2.31. The summed E-state index contributed by atoms with van der Waals surface area (Å²) in [6.07, 6.45) is 5.96. The fourth-order valence-corrected chi connectivity index (χ4v) is 1.29. The van der Waals surface area contributed by atoms with Crippen molar-refractivity contribution >= 4 is 5.91 Å². The summed E-state index contributed by atoms with van der Waals surface area (Å²) in [6, 6.07) is 1.48. The number of amides is 1. The van der Waals surface area contributed by atoms with E-state index in [1.165, 1.54) is 23.4 Å². The molecule has 1 N–H and O–H groups in total. The monoisotopic (exact) mass is 218 g/mol. The first-order valence-corrected chi connectivity index (χ1v) is 4.84. The molecule has 0 fully saturated rings. The molecule has 0 aromatic carbocycles. The third-order valence-electron chi connectivity index (χ3n) is 2.02. The van der Waals surface area contributed by atoms with E-state index in [0.717, 1.165) is 0 Å². The summed E-state index contributed by atoms with van der Waals surface area (Å²) in [5.41, 5.74) is 0.235. The Balaban J connectivity index is 2.94. The molecule has 0 unspecified atom stereocenters. The molecule has 0 atom stereocenters. The quantitative estimate of drug-likeness (QED) is 0.764. The van der Waals surface area contributed by atoms with Gasteiger partial charge < -0.3 is 10.0 Å². The molecule has 1 rings (SSSR count). The van der Waals surface area contributed by atoms with Crippen LogP contribution in [-0.4, -0.2) is 34.0 Å². The van der Waals surface area contributed by atoms with Crippen LogP contribution in [-0.2, 0) is 0 Å². The molecule has 0 aliphatic carbocycles. The lowest BCUT2D eigenvalue weighted by Gasteiger charge is -2.19. The molecule has 4 nitrogen and oxygen atoms in total. The molecule has 16 heavy (non-hydrogen) atoms. The van der Waals surface area contributed by atoms with Crippen LogP contribution >= 0.6 is 0 Å². The number of aromatic hydroxyl groups is 1. The van der Waals surface area contributed by atoms with Crippen molar-refractivity contribution in [3.8, 4) is 5.75 Å². The number of carbonyl (C=O) groups excluding carboxylic acids is 1. The minimum absolute atomic E-state index is 0.120. The van der Waals surface area contributed by atoms with Crippen LogP contribution in [0.3, 0.4) is 0 Å². The predicted molar refractivity (Wildman–Crippen MR) is 62.2 cm³/mol. The van der Waals surface area contributed by atoms with E-state index in [9.17, 15) is 9.90 Å². The van der Waals surface area contributed by atoms with Crippen molar-refractivity contribution in [3.05, 3.63) is 49.3 Å². The minimum atomic E-state index is -0.264. The van der Waals surface area contributed by atoms with Crippen molar-refractivity contribution in [2.45, 2.75) is 0 Å². The van der Waals surface area contributed by atoms with E-state index in [-0.39, 0.29) is 17.2 Å². The summed E-state index contributed by atoms with van der Waals surface area (Å²) in [4.78, 5) is 17.2. The summed E-state index contributed by atoms with van der Waals surface area (Å²) in [7, 11) is 0. The molecule has 1 aromatic heterocycles. The average molecular weight is 218 g/mol. The lowest BCUT2D eigenvalue weighted by molar-refractivity contribution is 0.0787. The van der Waals surface area contributed by atoms with Gasteiger partial charge in [0, 0.05) is 19.3 Å². The zero-order valence-corrected chi connectivity index (χ0v) is 8.97. The second kappa shape index (κ2) is 5.70. The summed E-state index contributed by atoms with van der Waals surface area (Å²) in [6.45, 7) is 7.98. The van der Waals surface area contributed by atoms with E-state index in [1.807, 2.05) is 0 Å². The smallest absolute Gasteiger partial charge is 0.258 e. The molecule has 0 spiro atoms. The van der Waals surface area contributed by atoms with E-state index < -0.39 is 0 Å². The van der Waals surface area contributed by atoms with Crippen LogP contribution in [0.4, 0.5) is 0 Å². The predicted octanol–water partition coefficient (Wildman–Crippen LogP) is 1.60. The molecule has 0 radical (unpaired) electrons. The first-order valence-electron chi connectivity index (χ1n) is 4.84. The minimum Gasteiger partial charge on any atom is -0.505 e. The summed E-state index contributed by atoms with van der Waals surface area (Å²) >= 11 is 0. The van der Waals surface area contributed by atoms with Crippen LogP contribution in [0.15, 0.2) is 43.8 Å². The molecular weight excluding hydrogens is 204 g/mol. The molecule has 0 saturated carbocycles. The third kappa shape index (κ3) is 2.70.